The Kier molecular flexibility index (Phi) is 5.46. The first-order chi connectivity index (χ1) is 12.9. The van der Waals surface area contributed by atoms with E-state index < -0.39 is 10.0 Å². The molecule has 0 saturated heterocycles. The Balaban J connectivity index is 1.76. The van der Waals surface area contributed by atoms with E-state index in [9.17, 15) is 8.42 Å². The van der Waals surface area contributed by atoms with Crippen molar-refractivity contribution in [2.24, 2.45) is 0 Å². The molecule has 142 valence electrons. The third-order valence-electron chi connectivity index (χ3n) is 4.19. The maximum Gasteiger partial charge on any atom is 0.268 e. The fourth-order valence-electron chi connectivity index (χ4n) is 2.87. The summed E-state index contributed by atoms with van der Waals surface area (Å²) in [4.78, 5) is 6.47. The van der Waals surface area contributed by atoms with Crippen LogP contribution in [0, 0.1) is 13.8 Å². The highest BCUT2D eigenvalue weighted by molar-refractivity contribution is 7.92. The second kappa shape index (κ2) is 7.79. The Labute approximate surface area is 159 Å². The zero-order valence-electron chi connectivity index (χ0n) is 15.5. The van der Waals surface area contributed by atoms with E-state index >= 15 is 0 Å². The van der Waals surface area contributed by atoms with Crippen molar-refractivity contribution in [3.63, 3.8) is 0 Å². The number of nitrogens with one attached hydrogen (secondary N) is 1. The van der Waals surface area contributed by atoms with Gasteiger partial charge in [-0.25, -0.2) is 13.4 Å². The molecule has 0 unspecified atom stereocenters. The first-order valence-corrected chi connectivity index (χ1v) is 10.1. The zero-order valence-corrected chi connectivity index (χ0v) is 16.3. The summed E-state index contributed by atoms with van der Waals surface area (Å²) >= 11 is 0. The predicted molar refractivity (Wildman–Crippen MR) is 104 cm³/mol. The highest BCUT2D eigenvalue weighted by Gasteiger charge is 2.24. The van der Waals surface area contributed by atoms with Crippen molar-refractivity contribution in [1.82, 2.24) is 10.1 Å². The molecule has 0 aliphatic carbocycles. The Hall–Kier alpha value is -2.87. The third kappa shape index (κ3) is 4.28. The number of aromatic nitrogens is 2. The number of pyridine rings is 1. The molecular formula is C19H22N4O3S. The molecule has 0 fully saturated rings. The average Bonchev–Trinajstić information content (AvgIpc) is 3.00. The van der Waals surface area contributed by atoms with E-state index in [2.05, 4.69) is 38.8 Å². The van der Waals surface area contributed by atoms with Crippen LogP contribution in [-0.4, -0.2) is 25.1 Å². The van der Waals surface area contributed by atoms with Gasteiger partial charge < -0.3 is 9.42 Å². The summed E-state index contributed by atoms with van der Waals surface area (Å²) in [6.07, 6.45) is 1.66. The summed E-state index contributed by atoms with van der Waals surface area (Å²) in [6.45, 7) is 6.78. The van der Waals surface area contributed by atoms with Gasteiger partial charge in [0, 0.05) is 13.1 Å². The van der Waals surface area contributed by atoms with E-state index in [4.69, 9.17) is 4.52 Å². The van der Waals surface area contributed by atoms with E-state index in [0.29, 0.717) is 5.69 Å². The van der Waals surface area contributed by atoms with Crippen LogP contribution in [0.3, 0.4) is 0 Å². The molecule has 8 heteroatoms. The van der Waals surface area contributed by atoms with Crippen molar-refractivity contribution in [3.05, 3.63) is 65.7 Å². The van der Waals surface area contributed by atoms with Crippen LogP contribution in [0.25, 0.3) is 0 Å². The lowest BCUT2D eigenvalue weighted by Gasteiger charge is -2.23. The smallest absolute Gasteiger partial charge is 0.268 e. The highest BCUT2D eigenvalue weighted by atomic mass is 32.2. The predicted octanol–water partition coefficient (Wildman–Crippen LogP) is 3.51. The van der Waals surface area contributed by atoms with E-state index in [0.717, 1.165) is 18.8 Å². The number of benzene rings is 1. The molecule has 27 heavy (non-hydrogen) atoms. The van der Waals surface area contributed by atoms with Crippen molar-refractivity contribution in [1.29, 1.82) is 0 Å². The van der Waals surface area contributed by atoms with Crippen LogP contribution in [0.15, 0.2) is 58.1 Å². The van der Waals surface area contributed by atoms with Crippen LogP contribution in [0.1, 0.15) is 23.9 Å². The van der Waals surface area contributed by atoms with Crippen molar-refractivity contribution in [3.8, 4) is 0 Å². The molecule has 0 aliphatic heterocycles. The molecule has 0 atom stereocenters. The van der Waals surface area contributed by atoms with Crippen molar-refractivity contribution in [2.75, 3.05) is 16.2 Å². The molecule has 3 aromatic rings. The SMILES string of the molecule is CCN(Cc1ccccc1)c1ccc(NS(=O)(=O)c2c(C)noc2C)nc1. The largest absolute Gasteiger partial charge is 0.366 e. The maximum atomic E-state index is 12.6. The van der Waals surface area contributed by atoms with Crippen LogP contribution in [0.2, 0.25) is 0 Å². The molecule has 1 aromatic carbocycles. The van der Waals surface area contributed by atoms with E-state index in [-0.39, 0.29) is 16.5 Å². The molecule has 2 aromatic heterocycles. The van der Waals surface area contributed by atoms with Gasteiger partial charge in [-0.05, 0) is 38.5 Å². The van der Waals surface area contributed by atoms with Gasteiger partial charge in [-0.1, -0.05) is 35.5 Å². The van der Waals surface area contributed by atoms with E-state index in [1.807, 2.05) is 24.3 Å². The number of hydrogen-bond acceptors (Lipinski definition) is 6. The molecule has 7 nitrogen and oxygen atoms in total. The Morgan fingerprint density at radius 2 is 1.85 bits per heavy atom. The van der Waals surface area contributed by atoms with Crippen molar-refractivity contribution in [2.45, 2.75) is 32.2 Å². The fourth-order valence-corrected chi connectivity index (χ4v) is 4.21. The molecule has 0 radical (unpaired) electrons. The van der Waals surface area contributed by atoms with E-state index in [1.165, 1.54) is 5.56 Å². The second-order valence-corrected chi connectivity index (χ2v) is 7.78. The van der Waals surface area contributed by atoms with Gasteiger partial charge >= 0.3 is 0 Å². The van der Waals surface area contributed by atoms with Crippen LogP contribution < -0.4 is 9.62 Å². The number of nitrogens with zero attached hydrogens (tertiary/aromatic N) is 3. The maximum absolute atomic E-state index is 12.6. The standard InChI is InChI=1S/C19H22N4O3S/c1-4-23(13-16-8-6-5-7-9-16)17-10-11-18(20-12-17)22-27(24,25)19-14(2)21-26-15(19)3/h5-12H,4,13H2,1-3H3,(H,20,22). The average molecular weight is 386 g/mol. The van der Waals surface area contributed by atoms with Gasteiger partial charge in [-0.2, -0.15) is 0 Å². The lowest BCUT2D eigenvalue weighted by atomic mass is 10.2. The quantitative estimate of drug-likeness (QED) is 0.668. The number of hydrogen-bond donors (Lipinski definition) is 1. The summed E-state index contributed by atoms with van der Waals surface area (Å²) in [5, 5.41) is 3.69. The minimum atomic E-state index is -3.80. The molecule has 0 spiro atoms. The minimum absolute atomic E-state index is 0.0487. The van der Waals surface area contributed by atoms with Crippen LogP contribution >= 0.6 is 0 Å². The summed E-state index contributed by atoms with van der Waals surface area (Å²) in [5.41, 5.74) is 2.43. The van der Waals surface area contributed by atoms with Gasteiger partial charge in [-0.15, -0.1) is 0 Å². The molecule has 2 heterocycles. The normalized spacial score (nSPS) is 11.4. The lowest BCUT2D eigenvalue weighted by Crippen LogP contribution is -2.22. The molecule has 1 N–H and O–H groups in total. The molecule has 3 rings (SSSR count). The topological polar surface area (TPSA) is 88.3 Å². The zero-order chi connectivity index (χ0) is 19.4. The first-order valence-electron chi connectivity index (χ1n) is 8.61. The summed E-state index contributed by atoms with van der Waals surface area (Å²) in [6, 6.07) is 13.6. The third-order valence-corrected chi connectivity index (χ3v) is 5.78. The number of sulfonamides is 1. The molecular weight excluding hydrogens is 364 g/mol. The van der Waals surface area contributed by atoms with Gasteiger partial charge in [0.1, 0.15) is 11.5 Å². The summed E-state index contributed by atoms with van der Waals surface area (Å²) in [5.74, 6) is 0.492. The lowest BCUT2D eigenvalue weighted by molar-refractivity contribution is 0.390. The Bertz CT molecular complexity index is 980. The number of rotatable bonds is 7. The number of aryl methyl sites for hydroxylation is 2. The first kappa shape index (κ1) is 18.9. The van der Waals surface area contributed by atoms with Gasteiger partial charge in [0.25, 0.3) is 10.0 Å². The van der Waals surface area contributed by atoms with Gasteiger partial charge in [-0.3, -0.25) is 4.72 Å². The highest BCUT2D eigenvalue weighted by Crippen LogP contribution is 2.23. The summed E-state index contributed by atoms with van der Waals surface area (Å²) in [7, 11) is -3.80. The van der Waals surface area contributed by atoms with Crippen molar-refractivity contribution >= 4 is 21.5 Å². The summed E-state index contributed by atoms with van der Waals surface area (Å²) < 4.78 is 32.5. The Morgan fingerprint density at radius 1 is 1.11 bits per heavy atom. The van der Waals surface area contributed by atoms with Gasteiger partial charge in [0.05, 0.1) is 11.9 Å². The molecule has 0 aliphatic rings. The van der Waals surface area contributed by atoms with Gasteiger partial charge in [0.15, 0.2) is 10.7 Å². The molecule has 0 saturated carbocycles. The molecule has 0 amide bonds. The van der Waals surface area contributed by atoms with Gasteiger partial charge in [0.2, 0.25) is 0 Å². The van der Waals surface area contributed by atoms with Crippen LogP contribution in [0.5, 0.6) is 0 Å². The van der Waals surface area contributed by atoms with Crippen LogP contribution in [-0.2, 0) is 16.6 Å². The Morgan fingerprint density at radius 3 is 2.41 bits per heavy atom. The molecule has 0 bridgehead atoms. The van der Waals surface area contributed by atoms with Crippen LogP contribution in [0.4, 0.5) is 11.5 Å². The number of anilines is 2. The second-order valence-electron chi connectivity index (χ2n) is 6.16. The van der Waals surface area contributed by atoms with Crippen molar-refractivity contribution < 1.29 is 12.9 Å². The van der Waals surface area contributed by atoms with E-state index in [1.54, 1.807) is 26.1 Å². The monoisotopic (exact) mass is 386 g/mol. The minimum Gasteiger partial charge on any atom is -0.366 e. The fraction of sp³-hybridized carbons (Fsp3) is 0.263.